The van der Waals surface area contributed by atoms with Crippen molar-refractivity contribution in [3.63, 3.8) is 0 Å². The number of rotatable bonds is 5. The van der Waals surface area contributed by atoms with Crippen LogP contribution in [-0.2, 0) is 4.74 Å². The fourth-order valence-corrected chi connectivity index (χ4v) is 3.77. The molecule has 1 heterocycles. The van der Waals surface area contributed by atoms with Crippen LogP contribution in [0.5, 0.6) is 0 Å². The lowest BCUT2D eigenvalue weighted by molar-refractivity contribution is -0.0436. The Hall–Kier alpha value is 0.250. The Morgan fingerprint density at radius 1 is 1.31 bits per heavy atom. The van der Waals surface area contributed by atoms with Crippen molar-refractivity contribution in [2.45, 2.75) is 76.4 Å². The molecule has 1 saturated heterocycles. The van der Waals surface area contributed by atoms with Gasteiger partial charge in [0.2, 0.25) is 0 Å². The molecule has 16 heavy (non-hydrogen) atoms. The maximum Gasteiger partial charge on any atom is 0.0687 e. The topological polar surface area (TPSA) is 9.23 Å². The zero-order chi connectivity index (χ0) is 11.4. The van der Waals surface area contributed by atoms with Crippen LogP contribution in [-0.4, -0.2) is 17.6 Å². The molecule has 2 unspecified atom stereocenters. The minimum Gasteiger partial charge on any atom is -0.372 e. The van der Waals surface area contributed by atoms with E-state index in [-0.39, 0.29) is 0 Å². The van der Waals surface area contributed by atoms with Crippen LogP contribution in [0.25, 0.3) is 0 Å². The molecule has 0 aromatic heterocycles. The van der Waals surface area contributed by atoms with E-state index in [9.17, 15) is 0 Å². The van der Waals surface area contributed by atoms with Crippen LogP contribution >= 0.6 is 11.6 Å². The van der Waals surface area contributed by atoms with Gasteiger partial charge in [-0.2, -0.15) is 0 Å². The van der Waals surface area contributed by atoms with Crippen molar-refractivity contribution in [1.82, 2.24) is 0 Å². The van der Waals surface area contributed by atoms with E-state index in [1.165, 1.54) is 57.8 Å². The molecule has 0 amide bonds. The summed E-state index contributed by atoms with van der Waals surface area (Å²) in [4.78, 5) is 0. The highest BCUT2D eigenvalue weighted by molar-refractivity contribution is 6.18. The Bertz CT molecular complexity index is 211. The molecule has 1 aliphatic carbocycles. The smallest absolute Gasteiger partial charge is 0.0687 e. The number of hydrogen-bond donors (Lipinski definition) is 0. The van der Waals surface area contributed by atoms with Gasteiger partial charge in [-0.15, -0.1) is 11.6 Å². The van der Waals surface area contributed by atoms with Gasteiger partial charge in [0, 0.05) is 5.88 Å². The molecule has 1 saturated carbocycles. The third-order valence-electron chi connectivity index (χ3n) is 4.36. The third-order valence-corrected chi connectivity index (χ3v) is 4.80. The third kappa shape index (κ3) is 2.92. The molecular formula is C14H25ClO. The van der Waals surface area contributed by atoms with Crippen LogP contribution in [0.3, 0.4) is 0 Å². The molecule has 0 aromatic rings. The molecule has 2 fully saturated rings. The molecule has 0 aromatic carbocycles. The molecular weight excluding hydrogens is 220 g/mol. The van der Waals surface area contributed by atoms with E-state index in [1.54, 1.807) is 0 Å². The van der Waals surface area contributed by atoms with Crippen LogP contribution in [0.2, 0.25) is 0 Å². The Morgan fingerprint density at radius 3 is 2.69 bits per heavy atom. The summed E-state index contributed by atoms with van der Waals surface area (Å²) in [5.74, 6) is 1.48. The second-order valence-electron chi connectivity index (χ2n) is 5.71. The first-order chi connectivity index (χ1) is 7.78. The second-order valence-corrected chi connectivity index (χ2v) is 6.02. The quantitative estimate of drug-likeness (QED) is 0.646. The number of hydrogen-bond acceptors (Lipinski definition) is 1. The van der Waals surface area contributed by atoms with Gasteiger partial charge in [0.05, 0.1) is 11.7 Å². The lowest BCUT2D eigenvalue weighted by atomic mass is 9.95. The molecule has 1 nitrogen and oxygen atoms in total. The fourth-order valence-electron chi connectivity index (χ4n) is 3.49. The summed E-state index contributed by atoms with van der Waals surface area (Å²) >= 11 is 6.02. The van der Waals surface area contributed by atoms with Gasteiger partial charge in [-0.25, -0.2) is 0 Å². The minimum atomic E-state index is 0.299. The summed E-state index contributed by atoms with van der Waals surface area (Å²) in [7, 11) is 0. The number of halogens is 1. The maximum absolute atomic E-state index is 6.33. The zero-order valence-electron chi connectivity index (χ0n) is 10.5. The van der Waals surface area contributed by atoms with Crippen molar-refractivity contribution in [3.05, 3.63) is 0 Å². The van der Waals surface area contributed by atoms with Gasteiger partial charge in [-0.05, 0) is 44.4 Å². The van der Waals surface area contributed by atoms with Gasteiger partial charge in [-0.3, -0.25) is 0 Å². The summed E-state index contributed by atoms with van der Waals surface area (Å²) in [6.07, 6.45) is 12.2. The Balaban J connectivity index is 1.79. The Kier molecular flexibility index (Phi) is 4.55. The van der Waals surface area contributed by atoms with Gasteiger partial charge in [-0.1, -0.05) is 26.2 Å². The molecule has 2 aliphatic rings. The Morgan fingerprint density at radius 2 is 2.06 bits per heavy atom. The summed E-state index contributed by atoms with van der Waals surface area (Å²) in [5.41, 5.74) is 0.299. The average Bonchev–Trinajstić information content (AvgIpc) is 2.90. The number of alkyl halides is 1. The van der Waals surface area contributed by atoms with Crippen LogP contribution in [0, 0.1) is 5.92 Å². The minimum absolute atomic E-state index is 0.299. The average molecular weight is 245 g/mol. The van der Waals surface area contributed by atoms with Crippen LogP contribution in [0.15, 0.2) is 0 Å². The van der Waals surface area contributed by atoms with Crippen molar-refractivity contribution in [1.29, 1.82) is 0 Å². The molecule has 2 heteroatoms. The monoisotopic (exact) mass is 244 g/mol. The van der Waals surface area contributed by atoms with Crippen LogP contribution < -0.4 is 0 Å². The Labute approximate surface area is 105 Å². The van der Waals surface area contributed by atoms with E-state index >= 15 is 0 Å². The second kappa shape index (κ2) is 5.73. The standard InChI is InChI=1S/C14H25ClO/c1-2-5-12(11-15)10-13-6-9-14(16-13)7-3-4-8-14/h12-13H,2-11H2,1H3. The van der Waals surface area contributed by atoms with Crippen LogP contribution in [0.1, 0.15) is 64.7 Å². The van der Waals surface area contributed by atoms with Gasteiger partial charge >= 0.3 is 0 Å². The molecule has 2 rings (SSSR count). The zero-order valence-corrected chi connectivity index (χ0v) is 11.3. The molecule has 1 aliphatic heterocycles. The largest absolute Gasteiger partial charge is 0.372 e. The van der Waals surface area contributed by atoms with E-state index in [2.05, 4.69) is 6.92 Å². The van der Waals surface area contributed by atoms with Gasteiger partial charge < -0.3 is 4.74 Å². The highest BCUT2D eigenvalue weighted by atomic mass is 35.5. The molecule has 94 valence electrons. The lowest BCUT2D eigenvalue weighted by Crippen LogP contribution is -2.25. The van der Waals surface area contributed by atoms with Crippen molar-refractivity contribution in [2.75, 3.05) is 5.88 Å². The first-order valence-electron chi connectivity index (χ1n) is 7.02. The lowest BCUT2D eigenvalue weighted by Gasteiger charge is -2.25. The maximum atomic E-state index is 6.33. The molecule has 0 radical (unpaired) electrons. The van der Waals surface area contributed by atoms with Gasteiger partial charge in [0.15, 0.2) is 0 Å². The number of ether oxygens (including phenoxy) is 1. The van der Waals surface area contributed by atoms with Crippen molar-refractivity contribution >= 4 is 11.6 Å². The normalized spacial score (nSPS) is 30.0. The van der Waals surface area contributed by atoms with E-state index in [4.69, 9.17) is 16.3 Å². The fraction of sp³-hybridized carbons (Fsp3) is 1.00. The first-order valence-corrected chi connectivity index (χ1v) is 7.55. The molecule has 0 N–H and O–H groups in total. The summed E-state index contributed by atoms with van der Waals surface area (Å²) in [6.45, 7) is 2.24. The van der Waals surface area contributed by atoms with Gasteiger partial charge in [0.1, 0.15) is 0 Å². The predicted molar refractivity (Wildman–Crippen MR) is 69.0 cm³/mol. The SMILES string of the molecule is CCCC(CCl)CC1CCC2(CCCC2)O1. The first kappa shape index (κ1) is 12.7. The van der Waals surface area contributed by atoms with Gasteiger partial charge in [0.25, 0.3) is 0 Å². The molecule has 0 bridgehead atoms. The van der Waals surface area contributed by atoms with Crippen LogP contribution in [0.4, 0.5) is 0 Å². The van der Waals surface area contributed by atoms with E-state index in [0.717, 1.165) is 5.88 Å². The van der Waals surface area contributed by atoms with Crippen molar-refractivity contribution in [3.8, 4) is 0 Å². The molecule has 1 spiro atoms. The highest BCUT2D eigenvalue weighted by Gasteiger charge is 2.42. The van der Waals surface area contributed by atoms with Crippen molar-refractivity contribution < 1.29 is 4.74 Å². The summed E-state index contributed by atoms with van der Waals surface area (Å²) in [6, 6.07) is 0. The van der Waals surface area contributed by atoms with E-state index in [1.807, 2.05) is 0 Å². The molecule has 2 atom stereocenters. The van der Waals surface area contributed by atoms with E-state index < -0.39 is 0 Å². The summed E-state index contributed by atoms with van der Waals surface area (Å²) in [5, 5.41) is 0. The van der Waals surface area contributed by atoms with Crippen molar-refractivity contribution in [2.24, 2.45) is 5.92 Å². The summed E-state index contributed by atoms with van der Waals surface area (Å²) < 4.78 is 6.33. The van der Waals surface area contributed by atoms with E-state index in [0.29, 0.717) is 17.6 Å². The highest BCUT2D eigenvalue weighted by Crippen LogP contribution is 2.44. The predicted octanol–water partition coefficient (Wildman–Crippen LogP) is 4.52.